The lowest BCUT2D eigenvalue weighted by Gasteiger charge is -2.22. The van der Waals surface area contributed by atoms with Gasteiger partial charge in [0.15, 0.2) is 24.7 Å². The summed E-state index contributed by atoms with van der Waals surface area (Å²) in [7, 11) is 0. The number of hydrogen-bond donors (Lipinski definition) is 0. The normalized spacial score (nSPS) is 11.8. The number of benzene rings is 4. The molecule has 17 heteroatoms. The van der Waals surface area contributed by atoms with Crippen molar-refractivity contribution in [3.05, 3.63) is 198 Å². The Labute approximate surface area is 434 Å². The summed E-state index contributed by atoms with van der Waals surface area (Å²) < 4.78 is 50.3. The molecule has 0 spiro atoms. The number of aryl methyl sites for hydroxylation is 2. The zero-order chi connectivity index (χ0) is 50.0. The molecule has 0 radical (unpaired) electrons. The van der Waals surface area contributed by atoms with E-state index in [0.717, 1.165) is 31.4 Å². The zero-order valence-electron chi connectivity index (χ0n) is 39.0. The van der Waals surface area contributed by atoms with Gasteiger partial charge in [-0.3, -0.25) is 19.3 Å². The fourth-order valence-electron chi connectivity index (χ4n) is 6.68. The number of fused-ring (bicyclic) bond motifs is 1. The van der Waals surface area contributed by atoms with Crippen LogP contribution in [0.25, 0.3) is 6.08 Å². The van der Waals surface area contributed by atoms with E-state index in [4.69, 9.17) is 9.47 Å². The number of hydrogen-bond acceptors (Lipinski definition) is 12. The summed E-state index contributed by atoms with van der Waals surface area (Å²) in [5.74, 6) is 1.70. The van der Waals surface area contributed by atoms with E-state index in [0.29, 0.717) is 49.1 Å². The largest absolute Gasteiger partial charge is 0.586 e. The van der Waals surface area contributed by atoms with Crippen LogP contribution in [0.5, 0.6) is 23.0 Å². The summed E-state index contributed by atoms with van der Waals surface area (Å²) in [6.07, 6.45) is -0.646. The van der Waals surface area contributed by atoms with Gasteiger partial charge in [0.2, 0.25) is 5.91 Å². The smallest absolute Gasteiger partial charge is 0.484 e. The molecule has 11 nitrogen and oxygen atoms in total. The predicted octanol–water partition coefficient (Wildman–Crippen LogP) is 13.6. The molecular formula is C55H54F2N4O7S4. The Morgan fingerprint density at radius 1 is 0.625 bits per heavy atom. The van der Waals surface area contributed by atoms with Gasteiger partial charge in [-0.25, -0.2) is 0 Å². The lowest BCUT2D eigenvalue weighted by Crippen LogP contribution is -2.34. The number of carbonyl (C=O) groups is 3. The van der Waals surface area contributed by atoms with Crippen LogP contribution in [0.15, 0.2) is 167 Å². The van der Waals surface area contributed by atoms with Crippen LogP contribution in [0.3, 0.4) is 0 Å². The molecule has 0 atom stereocenters. The maximum atomic E-state index is 13.0. The molecule has 8 aromatic rings. The van der Waals surface area contributed by atoms with Gasteiger partial charge in [-0.15, -0.1) is 42.8 Å². The Morgan fingerprint density at radius 3 is 1.67 bits per heavy atom. The highest BCUT2D eigenvalue weighted by Gasteiger charge is 2.43. The van der Waals surface area contributed by atoms with E-state index >= 15 is 0 Å². The van der Waals surface area contributed by atoms with Gasteiger partial charge in [0.05, 0.1) is 19.6 Å². The van der Waals surface area contributed by atoms with Crippen LogP contribution in [-0.2, 0) is 34.0 Å². The molecule has 5 heterocycles. The molecule has 4 aromatic carbocycles. The molecule has 1 aliphatic rings. The first-order valence-electron chi connectivity index (χ1n) is 22.3. The SMILES string of the molecule is C.CCN(Cc1cccs1)C(=O)/C=C/c1ccc2c(c1)OC(F)(F)O2.Cc1ccc(OCC(=O)N(Cc2cccs2)c2ccccc2)cc1.Cc1ccc(OCC(=O)N(Cc2cccs2)c2ccsn2)cc1. The van der Waals surface area contributed by atoms with Crippen LogP contribution in [0.2, 0.25) is 0 Å². The van der Waals surface area contributed by atoms with Gasteiger partial charge in [0.1, 0.15) is 17.3 Å². The molecule has 9 rings (SSSR count). The lowest BCUT2D eigenvalue weighted by atomic mass is 10.2. The zero-order valence-corrected chi connectivity index (χ0v) is 42.3. The maximum Gasteiger partial charge on any atom is 0.586 e. The van der Waals surface area contributed by atoms with E-state index in [1.54, 1.807) is 60.9 Å². The molecule has 0 saturated heterocycles. The van der Waals surface area contributed by atoms with E-state index in [1.165, 1.54) is 29.7 Å². The molecular weight excluding hydrogens is 995 g/mol. The van der Waals surface area contributed by atoms with Gasteiger partial charge in [-0.1, -0.05) is 85.3 Å². The molecule has 0 bridgehead atoms. The average Bonchev–Trinajstić information content (AvgIpc) is 4.25. The first kappa shape index (κ1) is 54.2. The number of likely N-dealkylation sites (N-methyl/N-ethyl adjacent to an activating group) is 1. The van der Waals surface area contributed by atoms with Crippen molar-refractivity contribution in [1.29, 1.82) is 0 Å². The molecule has 0 aliphatic carbocycles. The Hall–Kier alpha value is -7.18. The Kier molecular flexibility index (Phi) is 20.2. The predicted molar refractivity (Wildman–Crippen MR) is 287 cm³/mol. The fourth-order valence-corrected chi connectivity index (χ4v) is 9.30. The van der Waals surface area contributed by atoms with Crippen LogP contribution >= 0.6 is 45.5 Å². The monoisotopic (exact) mass is 1050 g/mol. The number of thiophene rings is 3. The number of amides is 3. The third kappa shape index (κ3) is 16.4. The molecule has 72 heavy (non-hydrogen) atoms. The quantitative estimate of drug-likeness (QED) is 0.0829. The molecule has 4 aromatic heterocycles. The topological polar surface area (TPSA) is 111 Å². The fraction of sp³-hybridized carbons (Fsp3) is 0.200. The third-order valence-electron chi connectivity index (χ3n) is 10.4. The molecule has 0 unspecified atom stereocenters. The molecule has 0 N–H and O–H groups in total. The van der Waals surface area contributed by atoms with Gasteiger partial charge in [0, 0.05) is 38.3 Å². The van der Waals surface area contributed by atoms with Crippen molar-refractivity contribution >= 4 is 80.8 Å². The van der Waals surface area contributed by atoms with Crippen molar-refractivity contribution in [2.75, 3.05) is 29.6 Å². The molecule has 0 fully saturated rings. The van der Waals surface area contributed by atoms with E-state index in [9.17, 15) is 23.2 Å². The lowest BCUT2D eigenvalue weighted by molar-refractivity contribution is -0.286. The van der Waals surface area contributed by atoms with Crippen LogP contribution in [0.4, 0.5) is 20.3 Å². The number of nitrogens with zero attached hydrogens (tertiary/aromatic N) is 4. The van der Waals surface area contributed by atoms with Gasteiger partial charge in [-0.05, 0) is 133 Å². The highest BCUT2D eigenvalue weighted by molar-refractivity contribution is 7.10. The van der Waals surface area contributed by atoms with E-state index in [1.807, 2.05) is 164 Å². The van der Waals surface area contributed by atoms with Crippen molar-refractivity contribution in [2.45, 2.75) is 54.1 Å². The van der Waals surface area contributed by atoms with Crippen molar-refractivity contribution in [1.82, 2.24) is 9.27 Å². The number of alkyl halides is 2. The second kappa shape index (κ2) is 26.9. The summed E-state index contributed by atoms with van der Waals surface area (Å²) in [6.45, 7) is 8.14. The van der Waals surface area contributed by atoms with Crippen molar-refractivity contribution in [3.63, 3.8) is 0 Å². The van der Waals surface area contributed by atoms with Gasteiger partial charge in [0.25, 0.3) is 11.8 Å². The highest BCUT2D eigenvalue weighted by Crippen LogP contribution is 2.41. The maximum absolute atomic E-state index is 13.0. The number of rotatable bonds is 17. The minimum absolute atomic E-state index is 0. The molecule has 0 saturated carbocycles. The van der Waals surface area contributed by atoms with Crippen LogP contribution < -0.4 is 28.7 Å². The second-order valence-electron chi connectivity index (χ2n) is 15.7. The van der Waals surface area contributed by atoms with Crippen LogP contribution in [-0.4, -0.2) is 53.0 Å². The van der Waals surface area contributed by atoms with E-state index in [2.05, 4.69) is 13.8 Å². The number of carbonyl (C=O) groups excluding carboxylic acids is 3. The Morgan fingerprint density at radius 2 is 1.15 bits per heavy atom. The summed E-state index contributed by atoms with van der Waals surface area (Å²) in [4.78, 5) is 46.1. The molecule has 1 aliphatic heterocycles. The average molecular weight is 1050 g/mol. The van der Waals surface area contributed by atoms with Crippen molar-refractivity contribution in [2.24, 2.45) is 0 Å². The minimum Gasteiger partial charge on any atom is -0.484 e. The minimum atomic E-state index is -3.64. The number of aromatic nitrogens is 1. The molecule has 3 amide bonds. The van der Waals surface area contributed by atoms with Crippen LogP contribution in [0.1, 0.15) is 45.7 Å². The summed E-state index contributed by atoms with van der Waals surface area (Å²) in [5.41, 5.74) is 3.78. The van der Waals surface area contributed by atoms with Gasteiger partial charge >= 0.3 is 6.29 Å². The van der Waals surface area contributed by atoms with E-state index < -0.39 is 6.29 Å². The Bertz CT molecular complexity index is 2900. The van der Waals surface area contributed by atoms with E-state index in [-0.39, 0.29) is 49.9 Å². The van der Waals surface area contributed by atoms with Crippen molar-refractivity contribution < 1.29 is 42.1 Å². The standard InChI is InChI=1S/C20H19NO2S.C17H15F2NO3S.C17H16N2O2S2.CH4/c1-16-9-11-18(12-10-16)23-15-20(22)21(14-19-8-5-13-24-19)17-6-3-2-4-7-17;1-2-20(11-13-4-3-9-24-13)16(21)8-6-12-5-7-14-15(10-12)23-17(18,19)22-14;1-13-4-6-14(7-5-13)21-12-17(20)19(16-8-10-23-18-16)11-15-3-2-9-22-15;/h2-13H,14-15H2,1H3;3-10H,2,11H2,1H3;2-10H,11-12H2,1H3;1H4/b;8-6+;;. The number of halogens is 2. The number of para-hydroxylation sites is 1. The van der Waals surface area contributed by atoms with Gasteiger partial charge in [-0.2, -0.15) is 4.37 Å². The summed E-state index contributed by atoms with van der Waals surface area (Å²) in [6, 6.07) is 43.3. The van der Waals surface area contributed by atoms with Crippen LogP contribution in [0, 0.1) is 13.8 Å². The number of ether oxygens (including phenoxy) is 4. The highest BCUT2D eigenvalue weighted by atomic mass is 32.1. The van der Waals surface area contributed by atoms with Crippen molar-refractivity contribution in [3.8, 4) is 23.0 Å². The number of anilines is 2. The third-order valence-corrected chi connectivity index (χ3v) is 13.5. The second-order valence-corrected chi connectivity index (χ2v) is 19.4. The molecule has 374 valence electrons. The summed E-state index contributed by atoms with van der Waals surface area (Å²) in [5, 5.41) is 7.85. The first-order valence-corrected chi connectivity index (χ1v) is 25.8. The summed E-state index contributed by atoms with van der Waals surface area (Å²) >= 11 is 6.19. The van der Waals surface area contributed by atoms with Gasteiger partial charge < -0.3 is 28.7 Å². The first-order chi connectivity index (χ1) is 34.4. The Balaban J connectivity index is 0.000000175.